The van der Waals surface area contributed by atoms with Gasteiger partial charge in [0.15, 0.2) is 0 Å². The summed E-state index contributed by atoms with van der Waals surface area (Å²) in [6.45, 7) is 2.36. The number of benzene rings is 1. The van der Waals surface area contributed by atoms with E-state index in [-0.39, 0.29) is 14.4 Å². The minimum absolute atomic E-state index is 0.130. The molecule has 0 spiro atoms. The second kappa shape index (κ2) is 2.89. The molecule has 0 bridgehead atoms. The molecule has 0 amide bonds. The minimum atomic E-state index is 0.130. The van der Waals surface area contributed by atoms with Crippen LogP contribution >= 0.6 is 14.4 Å². The second-order valence-corrected chi connectivity index (χ2v) is 8.69. The molecule has 2 unspecified atom stereocenters. The lowest BCUT2D eigenvalue weighted by Gasteiger charge is -2.09. The van der Waals surface area contributed by atoms with E-state index in [2.05, 4.69) is 48.6 Å². The van der Waals surface area contributed by atoms with Gasteiger partial charge in [-0.25, -0.2) is 0 Å². The topological polar surface area (TPSA) is 0 Å². The number of hydrogen-bond donors (Lipinski definition) is 0. The normalized spacial score (nSPS) is 13.5. The van der Waals surface area contributed by atoms with E-state index in [0.717, 1.165) is 0 Å². The number of aryl methyl sites for hydroxylation is 1. The van der Waals surface area contributed by atoms with Gasteiger partial charge in [-0.2, -0.15) is 0 Å². The van der Waals surface area contributed by atoms with E-state index in [1.54, 1.807) is 5.30 Å². The molecule has 56 valence electrons. The van der Waals surface area contributed by atoms with Gasteiger partial charge in [-0.3, -0.25) is 0 Å². The van der Waals surface area contributed by atoms with Gasteiger partial charge in [0.1, 0.15) is 0 Å². The summed E-state index contributed by atoms with van der Waals surface area (Å²) in [6, 6.07) is 10.8. The standard InChI is InChI=1S/C9H10P2/c1-10-7-8-11(10)9-5-3-2-4-6-9/h2-8H,1H3. The van der Waals surface area contributed by atoms with Crippen molar-refractivity contribution in [2.24, 2.45) is 6.66 Å². The van der Waals surface area contributed by atoms with Crippen molar-refractivity contribution < 1.29 is 0 Å². The molecule has 0 fully saturated rings. The monoisotopic (exact) mass is 180 g/mol. The van der Waals surface area contributed by atoms with Crippen molar-refractivity contribution in [3.63, 3.8) is 0 Å². The molecule has 0 saturated heterocycles. The molecule has 0 aliphatic heterocycles. The number of rotatable bonds is 1. The lowest BCUT2D eigenvalue weighted by molar-refractivity contribution is 1.76. The van der Waals surface area contributed by atoms with Gasteiger partial charge < -0.3 is 0 Å². The Bertz CT molecular complexity index is 329. The van der Waals surface area contributed by atoms with Gasteiger partial charge in [0, 0.05) is 5.30 Å². The highest BCUT2D eigenvalue weighted by Gasteiger charge is 2.00. The predicted molar refractivity (Wildman–Crippen MR) is 54.2 cm³/mol. The van der Waals surface area contributed by atoms with Crippen molar-refractivity contribution in [3.05, 3.63) is 41.9 Å². The van der Waals surface area contributed by atoms with Crippen LogP contribution in [0, 0.1) is 0 Å². The first-order valence-corrected chi connectivity index (χ1v) is 7.61. The molecule has 0 aliphatic carbocycles. The molecule has 0 saturated carbocycles. The highest BCUT2D eigenvalue weighted by atomic mass is 31.9. The third kappa shape index (κ3) is 1.29. The van der Waals surface area contributed by atoms with Gasteiger partial charge in [-0.1, -0.05) is 37.5 Å². The summed E-state index contributed by atoms with van der Waals surface area (Å²) in [7, 11) is 0.357. The molecule has 2 aromatic rings. The fourth-order valence-corrected chi connectivity index (χ4v) is 5.76. The van der Waals surface area contributed by atoms with Crippen LogP contribution in [0.15, 0.2) is 41.9 Å². The zero-order valence-electron chi connectivity index (χ0n) is 6.44. The van der Waals surface area contributed by atoms with E-state index in [0.29, 0.717) is 0 Å². The van der Waals surface area contributed by atoms with Crippen LogP contribution in [0.2, 0.25) is 0 Å². The van der Waals surface area contributed by atoms with Crippen molar-refractivity contribution in [3.8, 4) is 5.30 Å². The van der Waals surface area contributed by atoms with Crippen molar-refractivity contribution in [2.45, 2.75) is 0 Å². The smallest absolute Gasteiger partial charge is 0.00146 e. The molecule has 0 radical (unpaired) electrons. The molecule has 1 heterocycles. The summed E-state index contributed by atoms with van der Waals surface area (Å²) in [5.41, 5.74) is 0. The first-order chi connectivity index (χ1) is 5.38. The summed E-state index contributed by atoms with van der Waals surface area (Å²) in [5, 5.41) is 1.54. The minimum Gasteiger partial charge on any atom is -0.103 e. The zero-order valence-corrected chi connectivity index (χ0v) is 8.22. The lowest BCUT2D eigenvalue weighted by Crippen LogP contribution is -1.64. The SMILES string of the molecule is Cp1ccp1-c1ccccc1. The zero-order chi connectivity index (χ0) is 7.68. The fourth-order valence-electron chi connectivity index (χ4n) is 1.12. The molecular formula is C9H10P2. The maximum Gasteiger partial charge on any atom is 0.00146 e. The Labute approximate surface area is 68.9 Å². The van der Waals surface area contributed by atoms with Crippen molar-refractivity contribution in [2.75, 3.05) is 0 Å². The molecular weight excluding hydrogens is 170 g/mol. The molecule has 2 rings (SSSR count). The quantitative estimate of drug-likeness (QED) is 0.617. The second-order valence-electron chi connectivity index (χ2n) is 2.55. The molecule has 1 aromatic carbocycles. The molecule has 0 nitrogen and oxygen atoms in total. The van der Waals surface area contributed by atoms with Gasteiger partial charge in [-0.05, 0) is 18.3 Å². The van der Waals surface area contributed by atoms with Crippen molar-refractivity contribution >= 4 is 14.4 Å². The molecule has 11 heavy (non-hydrogen) atoms. The van der Waals surface area contributed by atoms with Gasteiger partial charge in [-0.15, -0.1) is 7.21 Å². The molecule has 0 aliphatic rings. The van der Waals surface area contributed by atoms with Crippen LogP contribution in [-0.2, 0) is 6.66 Å². The number of hydrogen-bond acceptors (Lipinski definition) is 0. The molecule has 2 atom stereocenters. The van der Waals surface area contributed by atoms with Crippen LogP contribution in [0.1, 0.15) is 0 Å². The maximum absolute atomic E-state index is 2.37. The van der Waals surface area contributed by atoms with E-state index in [9.17, 15) is 0 Å². The van der Waals surface area contributed by atoms with Gasteiger partial charge >= 0.3 is 0 Å². The summed E-state index contributed by atoms with van der Waals surface area (Å²) >= 11 is 0. The summed E-state index contributed by atoms with van der Waals surface area (Å²) in [4.78, 5) is 0. The summed E-state index contributed by atoms with van der Waals surface area (Å²) in [6.07, 6.45) is 0. The third-order valence-corrected chi connectivity index (χ3v) is 8.07. The van der Waals surface area contributed by atoms with Crippen LogP contribution in [0.4, 0.5) is 0 Å². The Hall–Kier alpha value is -0.440. The van der Waals surface area contributed by atoms with Crippen LogP contribution in [-0.4, -0.2) is 0 Å². The Morgan fingerprint density at radius 2 is 1.73 bits per heavy atom. The highest BCUT2D eigenvalue weighted by molar-refractivity contribution is 8.12. The first kappa shape index (κ1) is 7.22. The summed E-state index contributed by atoms with van der Waals surface area (Å²) in [5.74, 6) is 4.73. The Morgan fingerprint density at radius 1 is 1.00 bits per heavy atom. The lowest BCUT2D eigenvalue weighted by atomic mass is 10.4. The van der Waals surface area contributed by atoms with Crippen molar-refractivity contribution in [1.29, 1.82) is 0 Å². The van der Waals surface area contributed by atoms with Crippen LogP contribution < -0.4 is 0 Å². The van der Waals surface area contributed by atoms with Gasteiger partial charge in [0.25, 0.3) is 0 Å². The fraction of sp³-hybridized carbons (Fsp3) is 0.111. The Kier molecular flexibility index (Phi) is 1.90. The average Bonchev–Trinajstić information content (AvgIpc) is 2.04. The van der Waals surface area contributed by atoms with Crippen molar-refractivity contribution in [1.82, 2.24) is 0 Å². The van der Waals surface area contributed by atoms with Crippen LogP contribution in [0.25, 0.3) is 5.30 Å². The maximum atomic E-state index is 2.37. The predicted octanol–water partition coefficient (Wildman–Crippen LogP) is 4.19. The van der Waals surface area contributed by atoms with E-state index in [1.807, 2.05) is 0 Å². The van der Waals surface area contributed by atoms with Crippen LogP contribution in [0.5, 0.6) is 0 Å². The summed E-state index contributed by atoms with van der Waals surface area (Å²) < 4.78 is 0. The average molecular weight is 180 g/mol. The highest BCUT2D eigenvalue weighted by Crippen LogP contribution is 2.59. The Balaban J connectivity index is 2.43. The van der Waals surface area contributed by atoms with E-state index in [4.69, 9.17) is 0 Å². The Morgan fingerprint density at radius 3 is 2.18 bits per heavy atom. The van der Waals surface area contributed by atoms with Gasteiger partial charge in [0.2, 0.25) is 0 Å². The molecule has 2 heteroatoms. The third-order valence-electron chi connectivity index (χ3n) is 1.78. The molecule has 1 aromatic heterocycles. The largest absolute Gasteiger partial charge is 0.103 e. The van der Waals surface area contributed by atoms with E-state index >= 15 is 0 Å². The van der Waals surface area contributed by atoms with Crippen LogP contribution in [0.3, 0.4) is 0 Å². The van der Waals surface area contributed by atoms with Gasteiger partial charge in [0.05, 0.1) is 0 Å². The first-order valence-electron chi connectivity index (χ1n) is 3.63. The van der Waals surface area contributed by atoms with E-state index in [1.165, 1.54) is 0 Å². The van der Waals surface area contributed by atoms with E-state index < -0.39 is 0 Å². The molecule has 0 N–H and O–H groups in total.